The number of hydrogen-bond donors (Lipinski definition) is 1. The Morgan fingerprint density at radius 1 is 0.886 bits per heavy atom. The van der Waals surface area contributed by atoms with Gasteiger partial charge in [-0.05, 0) is 47.0 Å². The Balaban J connectivity index is 1.46. The van der Waals surface area contributed by atoms with Gasteiger partial charge in [-0.25, -0.2) is 13.1 Å². The van der Waals surface area contributed by atoms with Gasteiger partial charge in [-0.2, -0.15) is 0 Å². The zero-order valence-electron chi connectivity index (χ0n) is 19.2. The summed E-state index contributed by atoms with van der Waals surface area (Å²) in [7, 11) is -1.90. The number of carbonyl (C=O) groups excluding carboxylic acids is 1. The molecular weight excluding hydrogens is 460 g/mol. The van der Waals surface area contributed by atoms with Crippen molar-refractivity contribution in [1.82, 2.24) is 9.62 Å². The van der Waals surface area contributed by atoms with E-state index in [1.165, 1.54) is 24.5 Å². The van der Waals surface area contributed by atoms with Crippen molar-refractivity contribution < 1.29 is 17.6 Å². The summed E-state index contributed by atoms with van der Waals surface area (Å²) in [5.41, 5.74) is 2.74. The van der Waals surface area contributed by atoms with E-state index < -0.39 is 10.0 Å². The maximum atomic E-state index is 13.1. The van der Waals surface area contributed by atoms with Crippen molar-refractivity contribution in [2.24, 2.45) is 0 Å². The molecule has 4 rings (SSSR count). The molecule has 0 atom stereocenters. The van der Waals surface area contributed by atoms with Gasteiger partial charge in [0, 0.05) is 13.1 Å². The maximum Gasteiger partial charge on any atom is 0.247 e. The maximum absolute atomic E-state index is 13.1. The highest BCUT2D eigenvalue weighted by Gasteiger charge is 2.22. The first-order chi connectivity index (χ1) is 16.9. The van der Waals surface area contributed by atoms with Crippen LogP contribution in [0.15, 0.2) is 119 Å². The third-order valence-corrected chi connectivity index (χ3v) is 7.01. The smallest absolute Gasteiger partial charge is 0.247 e. The van der Waals surface area contributed by atoms with Gasteiger partial charge in [0.15, 0.2) is 0 Å². The minimum atomic E-state index is -3.68. The van der Waals surface area contributed by atoms with Gasteiger partial charge in [0.05, 0.1) is 23.7 Å². The molecule has 1 N–H and O–H groups in total. The summed E-state index contributed by atoms with van der Waals surface area (Å²) >= 11 is 0. The highest BCUT2D eigenvalue weighted by atomic mass is 32.2. The minimum absolute atomic E-state index is 0.0712. The van der Waals surface area contributed by atoms with Crippen LogP contribution in [0.5, 0.6) is 0 Å². The van der Waals surface area contributed by atoms with E-state index in [4.69, 9.17) is 4.42 Å². The molecule has 0 aliphatic rings. The van der Waals surface area contributed by atoms with E-state index in [2.05, 4.69) is 4.72 Å². The fourth-order valence-corrected chi connectivity index (χ4v) is 4.74. The molecule has 0 spiro atoms. The highest BCUT2D eigenvalue weighted by Crippen LogP contribution is 2.27. The Kier molecular flexibility index (Phi) is 7.60. The summed E-state index contributed by atoms with van der Waals surface area (Å²) < 4.78 is 32.7. The lowest BCUT2D eigenvalue weighted by Crippen LogP contribution is -2.30. The number of likely N-dealkylation sites (N-methyl/N-ethyl adjacent to an activating group) is 1. The summed E-state index contributed by atoms with van der Waals surface area (Å²) in [6, 6.07) is 29.3. The summed E-state index contributed by atoms with van der Waals surface area (Å²) in [5.74, 6) is 0.361. The minimum Gasteiger partial charge on any atom is -0.468 e. The van der Waals surface area contributed by atoms with Gasteiger partial charge in [-0.1, -0.05) is 72.8 Å². The Morgan fingerprint density at radius 2 is 1.49 bits per heavy atom. The first-order valence-electron chi connectivity index (χ1n) is 11.1. The zero-order chi connectivity index (χ0) is 24.7. The fourth-order valence-electron chi connectivity index (χ4n) is 3.74. The molecule has 0 radical (unpaired) electrons. The molecule has 0 unspecified atom stereocenters. The van der Waals surface area contributed by atoms with Gasteiger partial charge >= 0.3 is 0 Å². The molecule has 0 saturated carbocycles. The zero-order valence-corrected chi connectivity index (χ0v) is 20.1. The number of carbonyl (C=O) groups is 1. The molecule has 1 aromatic heterocycles. The Morgan fingerprint density at radius 3 is 2.03 bits per heavy atom. The number of nitrogens with one attached hydrogen (secondary N) is 1. The Hall–Kier alpha value is -3.94. The largest absolute Gasteiger partial charge is 0.468 e. The normalized spacial score (nSPS) is 11.7. The van der Waals surface area contributed by atoms with Crippen molar-refractivity contribution >= 4 is 22.0 Å². The fraction of sp³-hybridized carbons (Fsp3) is 0.107. The lowest BCUT2D eigenvalue weighted by Gasteiger charge is -2.28. The summed E-state index contributed by atoms with van der Waals surface area (Å²) in [6.07, 6.45) is 4.67. The lowest BCUT2D eigenvalue weighted by atomic mass is 9.97. The van der Waals surface area contributed by atoms with Gasteiger partial charge in [-0.3, -0.25) is 4.79 Å². The summed E-state index contributed by atoms with van der Waals surface area (Å²) in [6.45, 7) is 0.0712. The van der Waals surface area contributed by atoms with Crippen molar-refractivity contribution in [3.8, 4) is 0 Å². The average Bonchev–Trinajstić information content (AvgIpc) is 3.42. The number of hydrogen-bond acceptors (Lipinski definition) is 4. The number of furan rings is 1. The van der Waals surface area contributed by atoms with E-state index in [-0.39, 0.29) is 23.4 Å². The number of amides is 1. The predicted molar refractivity (Wildman–Crippen MR) is 136 cm³/mol. The predicted octanol–water partition coefficient (Wildman–Crippen LogP) is 5.02. The molecule has 0 bridgehead atoms. The lowest BCUT2D eigenvalue weighted by molar-refractivity contribution is -0.126. The molecule has 0 saturated heterocycles. The Labute approximate surface area is 205 Å². The number of benzene rings is 3. The first-order valence-corrected chi connectivity index (χ1v) is 12.6. The van der Waals surface area contributed by atoms with Crippen LogP contribution in [0.1, 0.15) is 28.5 Å². The van der Waals surface area contributed by atoms with Gasteiger partial charge in [-0.15, -0.1) is 0 Å². The van der Waals surface area contributed by atoms with Crippen molar-refractivity contribution in [3.05, 3.63) is 132 Å². The number of sulfonamides is 1. The van der Waals surface area contributed by atoms with Crippen LogP contribution < -0.4 is 4.72 Å². The third kappa shape index (κ3) is 6.15. The van der Waals surface area contributed by atoms with Crippen molar-refractivity contribution in [2.75, 3.05) is 7.05 Å². The van der Waals surface area contributed by atoms with Gasteiger partial charge in [0.25, 0.3) is 0 Å². The van der Waals surface area contributed by atoms with Crippen molar-refractivity contribution in [1.29, 1.82) is 0 Å². The van der Waals surface area contributed by atoms with E-state index in [9.17, 15) is 13.2 Å². The quantitative estimate of drug-likeness (QED) is 0.337. The molecule has 0 aliphatic heterocycles. The molecule has 35 heavy (non-hydrogen) atoms. The summed E-state index contributed by atoms with van der Waals surface area (Å²) in [5, 5.41) is 0. The van der Waals surface area contributed by atoms with Crippen LogP contribution in [0.2, 0.25) is 0 Å². The van der Waals surface area contributed by atoms with E-state index in [0.29, 0.717) is 11.3 Å². The molecule has 6 nitrogen and oxygen atoms in total. The van der Waals surface area contributed by atoms with Crippen LogP contribution in [0.3, 0.4) is 0 Å². The van der Waals surface area contributed by atoms with Crippen LogP contribution in [0.25, 0.3) is 6.08 Å². The van der Waals surface area contributed by atoms with E-state index >= 15 is 0 Å². The van der Waals surface area contributed by atoms with Crippen LogP contribution >= 0.6 is 0 Å². The van der Waals surface area contributed by atoms with Gasteiger partial charge in [0.1, 0.15) is 5.76 Å². The standard InChI is InChI=1S/C28H26N2O4S/c1-30(28(23-9-4-2-5-10-23)24-11-6-3-7-12-24)27(31)19-16-22-14-17-26(18-15-22)35(32,33)29-21-25-13-8-20-34-25/h2-20,28-29H,21H2,1H3/b19-16+. The van der Waals surface area contributed by atoms with Gasteiger partial charge < -0.3 is 9.32 Å². The van der Waals surface area contributed by atoms with Gasteiger partial charge in [0.2, 0.25) is 15.9 Å². The molecule has 4 aromatic rings. The molecule has 0 fully saturated rings. The first kappa shape index (κ1) is 24.2. The molecule has 3 aromatic carbocycles. The van der Waals surface area contributed by atoms with E-state index in [1.807, 2.05) is 60.7 Å². The van der Waals surface area contributed by atoms with E-state index in [0.717, 1.165) is 11.1 Å². The monoisotopic (exact) mass is 486 g/mol. The Bertz CT molecular complexity index is 1330. The molecule has 1 heterocycles. The third-order valence-electron chi connectivity index (χ3n) is 5.59. The van der Waals surface area contributed by atoms with Crippen molar-refractivity contribution in [2.45, 2.75) is 17.5 Å². The highest BCUT2D eigenvalue weighted by molar-refractivity contribution is 7.89. The van der Waals surface area contributed by atoms with Crippen LogP contribution in [-0.2, 0) is 21.4 Å². The second-order valence-electron chi connectivity index (χ2n) is 7.98. The average molecular weight is 487 g/mol. The van der Waals surface area contributed by atoms with Crippen LogP contribution in [-0.4, -0.2) is 26.3 Å². The molecule has 1 amide bonds. The molecular formula is C28H26N2O4S. The van der Waals surface area contributed by atoms with Crippen LogP contribution in [0, 0.1) is 0 Å². The van der Waals surface area contributed by atoms with E-state index in [1.54, 1.807) is 42.3 Å². The number of nitrogens with zero attached hydrogens (tertiary/aromatic N) is 1. The second-order valence-corrected chi connectivity index (χ2v) is 9.75. The van der Waals surface area contributed by atoms with Crippen LogP contribution in [0.4, 0.5) is 0 Å². The molecule has 0 aliphatic carbocycles. The van der Waals surface area contributed by atoms with Crippen molar-refractivity contribution in [3.63, 3.8) is 0 Å². The second kappa shape index (κ2) is 11.0. The SMILES string of the molecule is CN(C(=O)/C=C/c1ccc(S(=O)(=O)NCc2ccco2)cc1)C(c1ccccc1)c1ccccc1. The molecule has 7 heteroatoms. The topological polar surface area (TPSA) is 79.6 Å². The summed E-state index contributed by atoms with van der Waals surface area (Å²) in [4.78, 5) is 14.9. The number of rotatable bonds is 9. The molecule has 178 valence electrons.